The number of aromatic nitrogens is 4. The van der Waals surface area contributed by atoms with Crippen LogP contribution in [0.15, 0.2) is 18.6 Å². The highest BCUT2D eigenvalue weighted by molar-refractivity contribution is 6.00. The van der Waals surface area contributed by atoms with Gasteiger partial charge in [-0.25, -0.2) is 4.98 Å². The van der Waals surface area contributed by atoms with Gasteiger partial charge in [0.05, 0.1) is 23.5 Å². The first-order chi connectivity index (χ1) is 18.5. The molecule has 3 N–H and O–H groups in total. The summed E-state index contributed by atoms with van der Waals surface area (Å²) in [5.41, 5.74) is 2.02. The number of amides is 1. The summed E-state index contributed by atoms with van der Waals surface area (Å²) in [6.07, 6.45) is 12.9. The minimum absolute atomic E-state index is 0.184. The zero-order chi connectivity index (χ0) is 26.5. The van der Waals surface area contributed by atoms with Crippen molar-refractivity contribution in [1.29, 1.82) is 5.41 Å². The molecule has 38 heavy (non-hydrogen) atoms. The minimum atomic E-state index is 0.184. The normalized spacial score (nSPS) is 23.6. The molecular weight excluding hydrogens is 482 g/mol. The predicted octanol–water partition coefficient (Wildman–Crippen LogP) is 3.43. The lowest BCUT2D eigenvalue weighted by Gasteiger charge is -2.36. The van der Waals surface area contributed by atoms with E-state index < -0.39 is 0 Å². The third kappa shape index (κ3) is 6.50. The molecule has 2 aromatic rings. The molecule has 0 atom stereocenters. The number of hydrogen-bond donors (Lipinski definition) is 3. The van der Waals surface area contributed by atoms with Gasteiger partial charge in [-0.05, 0) is 51.9 Å². The van der Waals surface area contributed by atoms with Crippen molar-refractivity contribution >= 4 is 29.1 Å². The summed E-state index contributed by atoms with van der Waals surface area (Å²) < 4.78 is 7.47. The molecule has 11 nitrogen and oxygen atoms in total. The molecule has 2 aromatic heterocycles. The molecule has 3 aliphatic rings. The Morgan fingerprint density at radius 2 is 1.79 bits per heavy atom. The molecule has 0 radical (unpaired) electrons. The van der Waals surface area contributed by atoms with Gasteiger partial charge in [-0.3, -0.25) is 14.4 Å². The lowest BCUT2D eigenvalue weighted by atomic mass is 9.90. The first-order valence-electron chi connectivity index (χ1n) is 14.0. The molecule has 3 fully saturated rings. The topological polar surface area (TPSA) is 124 Å². The number of hydrogen-bond acceptors (Lipinski definition) is 9. The van der Waals surface area contributed by atoms with Gasteiger partial charge in [0.2, 0.25) is 11.9 Å². The Morgan fingerprint density at radius 1 is 1.00 bits per heavy atom. The Labute approximate surface area is 224 Å². The second-order valence-electron chi connectivity index (χ2n) is 10.8. The fraction of sp³-hybridized carbons (Fsp3) is 0.667. The van der Waals surface area contributed by atoms with Gasteiger partial charge in [0.25, 0.3) is 0 Å². The third-order valence-corrected chi connectivity index (χ3v) is 8.15. The van der Waals surface area contributed by atoms with E-state index in [0.717, 1.165) is 95.6 Å². The molecule has 0 aromatic carbocycles. The molecule has 4 heterocycles. The molecule has 0 unspecified atom stereocenters. The summed E-state index contributed by atoms with van der Waals surface area (Å²) in [7, 11) is 0. The van der Waals surface area contributed by atoms with Crippen LogP contribution in [0.2, 0.25) is 0 Å². The van der Waals surface area contributed by atoms with E-state index in [0.29, 0.717) is 35.6 Å². The monoisotopic (exact) mass is 523 g/mol. The third-order valence-electron chi connectivity index (χ3n) is 8.15. The molecule has 0 spiro atoms. The zero-order valence-electron chi connectivity index (χ0n) is 22.7. The minimum Gasteiger partial charge on any atom is -0.381 e. The van der Waals surface area contributed by atoms with E-state index in [4.69, 9.17) is 15.1 Å². The smallest absolute Gasteiger partial charge is 0.229 e. The van der Waals surface area contributed by atoms with Crippen LogP contribution >= 0.6 is 0 Å². The summed E-state index contributed by atoms with van der Waals surface area (Å²) in [5, 5.41) is 19.7. The number of ether oxygens (including phenoxy) is 1. The van der Waals surface area contributed by atoms with Gasteiger partial charge >= 0.3 is 0 Å². The Balaban J connectivity index is 1.19. The van der Waals surface area contributed by atoms with E-state index in [9.17, 15) is 4.79 Å². The second-order valence-corrected chi connectivity index (χ2v) is 10.8. The zero-order valence-corrected chi connectivity index (χ0v) is 22.7. The van der Waals surface area contributed by atoms with Crippen LogP contribution in [0.3, 0.4) is 0 Å². The molecule has 5 rings (SSSR count). The van der Waals surface area contributed by atoms with Gasteiger partial charge in [-0.1, -0.05) is 0 Å². The molecule has 2 saturated heterocycles. The number of carbonyl (C=O) groups excluding carboxylic acids is 1. The maximum absolute atomic E-state index is 11.8. The van der Waals surface area contributed by atoms with Crippen molar-refractivity contribution in [3.05, 3.63) is 24.2 Å². The predicted molar refractivity (Wildman–Crippen MR) is 147 cm³/mol. The number of rotatable bonds is 7. The second kappa shape index (κ2) is 12.2. The first-order valence-corrected chi connectivity index (χ1v) is 14.0. The van der Waals surface area contributed by atoms with Crippen molar-refractivity contribution in [2.75, 3.05) is 50.0 Å². The lowest BCUT2D eigenvalue weighted by molar-refractivity contribution is -0.128. The van der Waals surface area contributed by atoms with E-state index in [1.165, 1.54) is 0 Å². The maximum atomic E-state index is 11.8. The quantitative estimate of drug-likeness (QED) is 0.472. The number of anilines is 3. The SMILES string of the molecule is CC(=N)c1cnc(Nc2cnn(C3CCOCC3)c2)nc1NC1CCC(N2CCCN(C(C)=O)CC2)CC1. The summed E-state index contributed by atoms with van der Waals surface area (Å²) in [4.78, 5) is 25.6. The molecule has 1 amide bonds. The van der Waals surface area contributed by atoms with Crippen LogP contribution in [0, 0.1) is 5.41 Å². The van der Waals surface area contributed by atoms with E-state index in [2.05, 4.69) is 25.6 Å². The van der Waals surface area contributed by atoms with E-state index in [1.807, 2.05) is 15.8 Å². The number of nitrogens with one attached hydrogen (secondary N) is 3. The Bertz CT molecular complexity index is 1110. The summed E-state index contributed by atoms with van der Waals surface area (Å²) in [6.45, 7) is 8.72. The number of nitrogens with zero attached hydrogens (tertiary/aromatic N) is 6. The van der Waals surface area contributed by atoms with Crippen LogP contribution < -0.4 is 10.6 Å². The van der Waals surface area contributed by atoms with Gasteiger partial charge < -0.3 is 25.7 Å². The van der Waals surface area contributed by atoms with Crippen LogP contribution in [0.4, 0.5) is 17.5 Å². The fourth-order valence-corrected chi connectivity index (χ4v) is 5.90. The van der Waals surface area contributed by atoms with Gasteiger partial charge in [-0.2, -0.15) is 10.1 Å². The average Bonchev–Trinajstić information content (AvgIpc) is 3.24. The Morgan fingerprint density at radius 3 is 2.53 bits per heavy atom. The largest absolute Gasteiger partial charge is 0.381 e. The summed E-state index contributed by atoms with van der Waals surface area (Å²) in [5.74, 6) is 1.39. The Kier molecular flexibility index (Phi) is 8.53. The van der Waals surface area contributed by atoms with E-state index in [-0.39, 0.29) is 5.91 Å². The van der Waals surface area contributed by atoms with Crippen molar-refractivity contribution in [3.63, 3.8) is 0 Å². The van der Waals surface area contributed by atoms with Crippen LogP contribution in [0.5, 0.6) is 0 Å². The van der Waals surface area contributed by atoms with Crippen LogP contribution in [0.25, 0.3) is 0 Å². The van der Waals surface area contributed by atoms with Gasteiger partial charge in [0.1, 0.15) is 5.82 Å². The van der Waals surface area contributed by atoms with Crippen LogP contribution in [0.1, 0.15) is 70.4 Å². The highest BCUT2D eigenvalue weighted by Crippen LogP contribution is 2.28. The summed E-state index contributed by atoms with van der Waals surface area (Å²) in [6, 6.07) is 1.24. The molecular formula is C27H41N9O2. The first kappa shape index (κ1) is 26.6. The van der Waals surface area contributed by atoms with Crippen LogP contribution in [-0.2, 0) is 9.53 Å². The molecule has 11 heteroatoms. The van der Waals surface area contributed by atoms with Gasteiger partial charge in [-0.15, -0.1) is 0 Å². The molecule has 206 valence electrons. The lowest BCUT2D eigenvalue weighted by Crippen LogP contribution is -2.42. The standard InChI is InChI=1S/C27H41N9O2/c1-19(28)25-17-29-27(32-22-16-30-36(18-22)24-8-14-38-15-9-24)33-26(25)31-21-4-6-23(7-5-21)35-11-3-10-34(12-13-35)20(2)37/h16-18,21,23-24,28H,3-15H2,1-2H3,(H2,29,31,32,33). The summed E-state index contributed by atoms with van der Waals surface area (Å²) >= 11 is 0. The fourth-order valence-electron chi connectivity index (χ4n) is 5.90. The van der Waals surface area contributed by atoms with Crippen LogP contribution in [-0.4, -0.2) is 92.6 Å². The molecule has 1 aliphatic carbocycles. The number of carbonyl (C=O) groups is 1. The average molecular weight is 524 g/mol. The highest BCUT2D eigenvalue weighted by atomic mass is 16.5. The maximum Gasteiger partial charge on any atom is 0.229 e. The van der Waals surface area contributed by atoms with Crippen molar-refractivity contribution < 1.29 is 9.53 Å². The van der Waals surface area contributed by atoms with E-state index in [1.54, 1.807) is 26.2 Å². The van der Waals surface area contributed by atoms with Crippen molar-refractivity contribution in [2.24, 2.45) is 0 Å². The molecule has 2 aliphatic heterocycles. The van der Waals surface area contributed by atoms with Crippen molar-refractivity contribution in [3.8, 4) is 0 Å². The van der Waals surface area contributed by atoms with Crippen molar-refractivity contribution in [1.82, 2.24) is 29.5 Å². The molecule has 0 bridgehead atoms. The van der Waals surface area contributed by atoms with Crippen molar-refractivity contribution in [2.45, 2.75) is 76.9 Å². The molecule has 1 saturated carbocycles. The van der Waals surface area contributed by atoms with Gasteiger partial charge in [0.15, 0.2) is 0 Å². The Hall–Kier alpha value is -3.05. The highest BCUT2D eigenvalue weighted by Gasteiger charge is 2.28. The van der Waals surface area contributed by atoms with E-state index >= 15 is 0 Å². The van der Waals surface area contributed by atoms with Gasteiger partial charge in [0, 0.05) is 76.5 Å².